The third kappa shape index (κ3) is 6.88. The molecule has 0 aromatic heterocycles. The molecule has 2 atom stereocenters. The highest BCUT2D eigenvalue weighted by molar-refractivity contribution is 6.05. The Morgan fingerprint density at radius 3 is 2.47 bits per heavy atom. The van der Waals surface area contributed by atoms with Gasteiger partial charge in [0.25, 0.3) is 5.91 Å². The van der Waals surface area contributed by atoms with Crippen LogP contribution in [0.4, 0.5) is 5.69 Å². The quantitative estimate of drug-likeness (QED) is 0.449. The minimum atomic E-state index is -0.605. The van der Waals surface area contributed by atoms with Gasteiger partial charge in [0.2, 0.25) is 11.8 Å². The van der Waals surface area contributed by atoms with Gasteiger partial charge >= 0.3 is 0 Å². The first-order chi connectivity index (χ1) is 20.8. The lowest BCUT2D eigenvalue weighted by Gasteiger charge is -2.37. The van der Waals surface area contributed by atoms with E-state index in [0.29, 0.717) is 37.1 Å². The summed E-state index contributed by atoms with van der Waals surface area (Å²) in [7, 11) is 0. The van der Waals surface area contributed by atoms with Gasteiger partial charge in [-0.15, -0.1) is 0 Å². The molecule has 9 nitrogen and oxygen atoms in total. The monoisotopic (exact) mass is 587 g/mol. The Labute approximate surface area is 255 Å². The van der Waals surface area contributed by atoms with Crippen LogP contribution in [0, 0.1) is 5.92 Å². The molecule has 0 spiro atoms. The summed E-state index contributed by atoms with van der Waals surface area (Å²) in [6.45, 7) is 13.1. The van der Waals surface area contributed by atoms with E-state index in [-0.39, 0.29) is 24.1 Å². The van der Waals surface area contributed by atoms with Crippen LogP contribution >= 0.6 is 0 Å². The van der Waals surface area contributed by atoms with E-state index in [0.717, 1.165) is 57.0 Å². The number of piperazine rings is 1. The van der Waals surface area contributed by atoms with Crippen LogP contribution in [0.5, 0.6) is 5.75 Å². The van der Waals surface area contributed by atoms with Crippen molar-refractivity contribution in [1.29, 1.82) is 0 Å². The molecule has 0 bridgehead atoms. The minimum absolute atomic E-state index is 0.158. The van der Waals surface area contributed by atoms with Gasteiger partial charge in [0, 0.05) is 69.5 Å². The first kappa shape index (κ1) is 29.6. The topological polar surface area (TPSA) is 85.4 Å². The number of rotatable bonds is 9. The molecule has 6 rings (SSSR count). The second-order valence-corrected chi connectivity index (χ2v) is 13.0. The first-order valence-corrected chi connectivity index (χ1v) is 16.0. The molecule has 3 saturated heterocycles. The van der Waals surface area contributed by atoms with E-state index in [1.54, 1.807) is 4.90 Å². The number of likely N-dealkylation sites (tertiary alicyclic amines) is 1. The van der Waals surface area contributed by atoms with Crippen LogP contribution in [0.15, 0.2) is 42.5 Å². The van der Waals surface area contributed by atoms with Crippen LogP contribution in [-0.2, 0) is 22.7 Å². The van der Waals surface area contributed by atoms with Gasteiger partial charge in [-0.3, -0.25) is 29.5 Å². The minimum Gasteiger partial charge on any atom is -0.492 e. The largest absolute Gasteiger partial charge is 0.492 e. The zero-order valence-corrected chi connectivity index (χ0v) is 25.6. The fourth-order valence-electron chi connectivity index (χ4n) is 7.04. The molecule has 0 saturated carbocycles. The number of carbonyl (C=O) groups excluding carboxylic acids is 3. The molecule has 4 aliphatic rings. The standard InChI is InChI=1S/C34H45N5O4/c1-24(2)20-36-15-17-37(18-16-36)27-8-6-25(7-9-27)21-38-14-4-3-5-28(38)23-43-29-10-11-30-26(19-29)22-39(34(30)42)31-12-13-32(40)35-33(31)41/h6-11,19,24,28,31H,3-5,12-18,20-23H2,1-2H3,(H,35,40,41)/t28-,31?/m1/s1. The van der Waals surface area contributed by atoms with Crippen molar-refractivity contribution in [2.75, 3.05) is 50.8 Å². The SMILES string of the molecule is CC(C)CN1CCN(c2ccc(CN3CCCC[C@@H]3COc3ccc4c(c3)CN(C3CCC(=O)NC3=O)C4=O)cc2)CC1. The van der Waals surface area contributed by atoms with Crippen LogP contribution in [0.25, 0.3) is 0 Å². The molecular weight excluding hydrogens is 542 g/mol. The van der Waals surface area contributed by atoms with Crippen molar-refractivity contribution in [3.05, 3.63) is 59.2 Å². The molecule has 2 aromatic carbocycles. The van der Waals surface area contributed by atoms with E-state index in [4.69, 9.17) is 4.74 Å². The van der Waals surface area contributed by atoms with Crippen molar-refractivity contribution >= 4 is 23.4 Å². The summed E-state index contributed by atoms with van der Waals surface area (Å²) in [5, 5.41) is 2.36. The second kappa shape index (κ2) is 13.1. The molecule has 3 fully saturated rings. The molecule has 3 amide bonds. The maximum atomic E-state index is 13.0. The number of imide groups is 1. The van der Waals surface area contributed by atoms with Gasteiger partial charge < -0.3 is 14.5 Å². The van der Waals surface area contributed by atoms with E-state index in [1.807, 2.05) is 18.2 Å². The molecule has 1 N–H and O–H groups in total. The Morgan fingerprint density at radius 2 is 1.72 bits per heavy atom. The Balaban J connectivity index is 1.02. The molecule has 230 valence electrons. The average molecular weight is 588 g/mol. The first-order valence-electron chi connectivity index (χ1n) is 16.0. The smallest absolute Gasteiger partial charge is 0.255 e. The Hall–Kier alpha value is -3.43. The van der Waals surface area contributed by atoms with Crippen molar-refractivity contribution in [3.63, 3.8) is 0 Å². The number of piperidine rings is 2. The van der Waals surface area contributed by atoms with Crippen LogP contribution in [-0.4, -0.2) is 90.4 Å². The van der Waals surface area contributed by atoms with Gasteiger partial charge in [0.1, 0.15) is 18.4 Å². The van der Waals surface area contributed by atoms with Crippen LogP contribution in [0.1, 0.15) is 67.4 Å². The maximum Gasteiger partial charge on any atom is 0.255 e. The van der Waals surface area contributed by atoms with E-state index in [1.165, 1.54) is 30.6 Å². The number of carbonyl (C=O) groups is 3. The number of nitrogens with one attached hydrogen (secondary N) is 1. The summed E-state index contributed by atoms with van der Waals surface area (Å²) in [6.07, 6.45) is 4.12. The van der Waals surface area contributed by atoms with Crippen molar-refractivity contribution in [1.82, 2.24) is 20.0 Å². The number of anilines is 1. The Bertz CT molecular complexity index is 1320. The molecule has 4 heterocycles. The fraction of sp³-hybridized carbons (Fsp3) is 0.559. The highest BCUT2D eigenvalue weighted by Crippen LogP contribution is 2.31. The van der Waals surface area contributed by atoms with Gasteiger partial charge in [-0.05, 0) is 73.2 Å². The number of benzene rings is 2. The summed E-state index contributed by atoms with van der Waals surface area (Å²) in [4.78, 5) is 46.2. The molecular formula is C34H45N5O4. The number of ether oxygens (including phenoxy) is 1. The lowest BCUT2D eigenvalue weighted by Crippen LogP contribution is -2.52. The summed E-state index contributed by atoms with van der Waals surface area (Å²) in [5.41, 5.74) is 4.13. The van der Waals surface area contributed by atoms with Gasteiger partial charge in [0.05, 0.1) is 0 Å². The Morgan fingerprint density at radius 1 is 0.930 bits per heavy atom. The van der Waals surface area contributed by atoms with Crippen LogP contribution in [0.3, 0.4) is 0 Å². The van der Waals surface area contributed by atoms with Crippen LogP contribution < -0.4 is 15.0 Å². The summed E-state index contributed by atoms with van der Waals surface area (Å²) < 4.78 is 6.31. The number of fused-ring (bicyclic) bond motifs is 1. The fourth-order valence-corrected chi connectivity index (χ4v) is 7.04. The third-order valence-electron chi connectivity index (χ3n) is 9.37. The zero-order chi connectivity index (χ0) is 29.9. The number of hydrogen-bond acceptors (Lipinski definition) is 7. The normalized spacial score (nSPS) is 23.6. The zero-order valence-electron chi connectivity index (χ0n) is 25.6. The van der Waals surface area contributed by atoms with Crippen molar-refractivity contribution < 1.29 is 19.1 Å². The summed E-state index contributed by atoms with van der Waals surface area (Å²) >= 11 is 0. The Kier molecular flexibility index (Phi) is 9.00. The molecule has 9 heteroatoms. The highest BCUT2D eigenvalue weighted by Gasteiger charge is 2.39. The van der Waals surface area contributed by atoms with Gasteiger partial charge in [0.15, 0.2) is 0 Å². The lowest BCUT2D eigenvalue weighted by molar-refractivity contribution is -0.136. The van der Waals surface area contributed by atoms with Crippen molar-refractivity contribution in [2.45, 2.75) is 71.1 Å². The van der Waals surface area contributed by atoms with E-state index < -0.39 is 6.04 Å². The van der Waals surface area contributed by atoms with Crippen LogP contribution in [0.2, 0.25) is 0 Å². The van der Waals surface area contributed by atoms with Gasteiger partial charge in [-0.2, -0.15) is 0 Å². The molecule has 0 radical (unpaired) electrons. The van der Waals surface area contributed by atoms with Crippen molar-refractivity contribution in [2.24, 2.45) is 5.92 Å². The van der Waals surface area contributed by atoms with Gasteiger partial charge in [-0.1, -0.05) is 32.4 Å². The number of amides is 3. The predicted octanol–water partition coefficient (Wildman–Crippen LogP) is 3.66. The van der Waals surface area contributed by atoms with Gasteiger partial charge in [-0.25, -0.2) is 0 Å². The number of hydrogen-bond donors (Lipinski definition) is 1. The van der Waals surface area contributed by atoms with Crippen molar-refractivity contribution in [3.8, 4) is 5.75 Å². The van der Waals surface area contributed by atoms with E-state index in [2.05, 4.69) is 58.1 Å². The van der Waals surface area contributed by atoms with E-state index >= 15 is 0 Å². The average Bonchev–Trinajstić information content (AvgIpc) is 3.32. The third-order valence-corrected chi connectivity index (χ3v) is 9.37. The molecule has 2 aromatic rings. The molecule has 4 aliphatic heterocycles. The maximum absolute atomic E-state index is 13.0. The lowest BCUT2D eigenvalue weighted by atomic mass is 10.0. The molecule has 43 heavy (non-hydrogen) atoms. The second-order valence-electron chi connectivity index (χ2n) is 13.0. The number of nitrogens with zero attached hydrogens (tertiary/aromatic N) is 4. The summed E-state index contributed by atoms with van der Waals surface area (Å²) in [6, 6.07) is 14.5. The highest BCUT2D eigenvalue weighted by atomic mass is 16.5. The molecule has 1 unspecified atom stereocenters. The summed E-state index contributed by atoms with van der Waals surface area (Å²) in [5.74, 6) is 0.641. The predicted molar refractivity (Wildman–Crippen MR) is 166 cm³/mol. The van der Waals surface area contributed by atoms with E-state index in [9.17, 15) is 14.4 Å². The molecule has 0 aliphatic carbocycles.